The van der Waals surface area contributed by atoms with Gasteiger partial charge in [0.2, 0.25) is 0 Å². The van der Waals surface area contributed by atoms with Crippen molar-refractivity contribution in [3.8, 4) is 11.5 Å². The number of aromatic nitrogens is 1. The van der Waals surface area contributed by atoms with Crippen LogP contribution in [0.4, 0.5) is 0 Å². The maximum Gasteiger partial charge on any atom is 0.342 e. The maximum absolute atomic E-state index is 14.0. The molecule has 8 heteroatoms. The van der Waals surface area contributed by atoms with Crippen LogP contribution in [-0.2, 0) is 27.3 Å². The molecule has 0 spiro atoms. The number of aryl methyl sites for hydroxylation is 2. The first kappa shape index (κ1) is 27.9. The number of ether oxygens (including phenoxy) is 3. The van der Waals surface area contributed by atoms with Gasteiger partial charge in [-0.05, 0) is 74.1 Å². The Hall–Kier alpha value is -4.20. The van der Waals surface area contributed by atoms with E-state index in [1.165, 1.54) is 7.11 Å². The molecule has 0 bridgehead atoms. The molecule has 218 valence electrons. The van der Waals surface area contributed by atoms with E-state index in [1.54, 1.807) is 12.1 Å². The largest absolute Gasteiger partial charge is 0.495 e. The van der Waals surface area contributed by atoms with Crippen LogP contribution >= 0.6 is 0 Å². The highest BCUT2D eigenvalue weighted by Crippen LogP contribution is 2.47. The molecule has 3 aliphatic heterocycles. The smallest absolute Gasteiger partial charge is 0.342 e. The molecule has 0 radical (unpaired) electrons. The molecular weight excluding hydrogens is 534 g/mol. The molecule has 8 nitrogen and oxygen atoms in total. The zero-order valence-corrected chi connectivity index (χ0v) is 24.1. The highest BCUT2D eigenvalue weighted by atomic mass is 16.5. The van der Waals surface area contributed by atoms with E-state index < -0.39 is 24.0 Å². The summed E-state index contributed by atoms with van der Waals surface area (Å²) >= 11 is 0. The van der Waals surface area contributed by atoms with Crippen molar-refractivity contribution < 1.29 is 28.6 Å². The van der Waals surface area contributed by atoms with E-state index in [-0.39, 0.29) is 34.8 Å². The lowest BCUT2D eigenvalue weighted by atomic mass is 9.83. The third-order valence-corrected chi connectivity index (χ3v) is 8.59. The number of carbonyl (C=O) groups excluding carboxylic acids is 3. The number of para-hydroxylation sites is 1. The third-order valence-electron chi connectivity index (χ3n) is 8.59. The van der Waals surface area contributed by atoms with E-state index in [9.17, 15) is 19.2 Å². The van der Waals surface area contributed by atoms with E-state index >= 15 is 0 Å². The van der Waals surface area contributed by atoms with Crippen molar-refractivity contribution in [1.29, 1.82) is 0 Å². The molecule has 3 aromatic rings. The molecule has 2 unspecified atom stereocenters. The number of methoxy groups -OCH3 is 1. The first-order valence-electron chi connectivity index (χ1n) is 14.9. The summed E-state index contributed by atoms with van der Waals surface area (Å²) in [6.07, 6.45) is 8.54. The molecule has 3 aliphatic rings. The number of benzene rings is 2. The third kappa shape index (κ3) is 5.14. The Balaban J connectivity index is 1.53. The first-order chi connectivity index (χ1) is 20.4. The van der Waals surface area contributed by atoms with Gasteiger partial charge in [0.15, 0.2) is 0 Å². The number of hydrogen-bond donors (Lipinski definition) is 0. The number of esters is 2. The first-order valence-corrected chi connectivity index (χ1v) is 14.9. The molecule has 4 heterocycles. The lowest BCUT2D eigenvalue weighted by molar-refractivity contribution is -0.135. The second-order valence-corrected chi connectivity index (χ2v) is 11.5. The van der Waals surface area contributed by atoms with Crippen molar-refractivity contribution in [2.45, 2.75) is 83.3 Å². The SMILES string of the molecule is COc1c2c(cc3c1C(c1cc4cccc5c4n(c1=O)CCC5)CC(=O)O3)C=CCCCC(=O)CCCC(C)OC2=O. The van der Waals surface area contributed by atoms with E-state index in [2.05, 4.69) is 6.07 Å². The standard InChI is InChI=1S/C34H35NO7/c1-20-9-6-15-24(36)14-5-3-4-10-22-18-27-30(32(40-2)29(22)34(39)41-20)25(19-28(37)42-27)26-17-23-12-7-11-21-13-8-16-35(31(21)23)33(26)38/h4,7,10-12,17-18,20,25H,3,5-6,8-9,13-16,19H2,1-2H3. The minimum Gasteiger partial charge on any atom is -0.495 e. The van der Waals surface area contributed by atoms with Gasteiger partial charge in [-0.1, -0.05) is 30.4 Å². The lowest BCUT2D eigenvalue weighted by Crippen LogP contribution is -2.32. The summed E-state index contributed by atoms with van der Waals surface area (Å²) in [7, 11) is 1.48. The average molecular weight is 570 g/mol. The molecule has 1 aromatic heterocycles. The van der Waals surface area contributed by atoms with Crippen LogP contribution in [0.5, 0.6) is 11.5 Å². The molecule has 0 N–H and O–H groups in total. The van der Waals surface area contributed by atoms with Crippen molar-refractivity contribution in [2.75, 3.05) is 7.11 Å². The summed E-state index contributed by atoms with van der Waals surface area (Å²) < 4.78 is 19.3. The van der Waals surface area contributed by atoms with Gasteiger partial charge in [-0.2, -0.15) is 0 Å². The van der Waals surface area contributed by atoms with Crippen molar-refractivity contribution in [3.05, 3.63) is 74.6 Å². The fourth-order valence-corrected chi connectivity index (χ4v) is 6.61. The van der Waals surface area contributed by atoms with Crippen molar-refractivity contribution in [2.24, 2.45) is 0 Å². The summed E-state index contributed by atoms with van der Waals surface area (Å²) in [5, 5.41) is 0.939. The van der Waals surface area contributed by atoms with Crippen molar-refractivity contribution in [1.82, 2.24) is 4.57 Å². The zero-order valence-electron chi connectivity index (χ0n) is 24.1. The van der Waals surface area contributed by atoms with Gasteiger partial charge in [0.25, 0.3) is 5.56 Å². The second-order valence-electron chi connectivity index (χ2n) is 11.5. The summed E-state index contributed by atoms with van der Waals surface area (Å²) in [4.78, 5) is 52.9. The van der Waals surface area contributed by atoms with Gasteiger partial charge >= 0.3 is 11.9 Å². The monoisotopic (exact) mass is 569 g/mol. The molecule has 42 heavy (non-hydrogen) atoms. The Morgan fingerprint density at radius 2 is 1.83 bits per heavy atom. The second kappa shape index (κ2) is 11.6. The topological polar surface area (TPSA) is 101 Å². The Morgan fingerprint density at radius 1 is 1.00 bits per heavy atom. The van der Waals surface area contributed by atoms with Gasteiger partial charge in [0.05, 0.1) is 25.2 Å². The van der Waals surface area contributed by atoms with Gasteiger partial charge in [-0.15, -0.1) is 0 Å². The van der Waals surface area contributed by atoms with Crippen molar-refractivity contribution in [3.63, 3.8) is 0 Å². The van der Waals surface area contributed by atoms with Crippen LogP contribution in [0.25, 0.3) is 17.0 Å². The van der Waals surface area contributed by atoms with Crippen LogP contribution in [0.15, 0.2) is 41.2 Å². The van der Waals surface area contributed by atoms with Gasteiger partial charge in [0, 0.05) is 36.4 Å². The number of Topliss-reactive ketones (excluding diaryl/α,β-unsaturated/α-hetero) is 1. The van der Waals surface area contributed by atoms with Gasteiger partial charge in [-0.25, -0.2) is 4.79 Å². The number of carbonyl (C=O) groups is 3. The molecule has 2 atom stereocenters. The van der Waals surface area contributed by atoms with E-state index in [0.717, 1.165) is 29.3 Å². The van der Waals surface area contributed by atoms with Crippen LogP contribution in [0.2, 0.25) is 0 Å². The summed E-state index contributed by atoms with van der Waals surface area (Å²) in [6.45, 7) is 2.42. The minimum absolute atomic E-state index is 0.0576. The van der Waals surface area contributed by atoms with Crippen LogP contribution in [-0.4, -0.2) is 35.5 Å². The summed E-state index contributed by atoms with van der Waals surface area (Å²) in [5.41, 5.74) is 3.64. The van der Waals surface area contributed by atoms with E-state index in [0.29, 0.717) is 61.8 Å². The predicted molar refractivity (Wildman–Crippen MR) is 158 cm³/mol. The van der Waals surface area contributed by atoms with Gasteiger partial charge < -0.3 is 18.8 Å². The van der Waals surface area contributed by atoms with Crippen LogP contribution in [0.3, 0.4) is 0 Å². The molecule has 6 rings (SSSR count). The Kier molecular flexibility index (Phi) is 7.71. The van der Waals surface area contributed by atoms with Crippen LogP contribution < -0.4 is 15.0 Å². The number of rotatable bonds is 2. The number of allylic oxidation sites excluding steroid dienone is 1. The van der Waals surface area contributed by atoms with Crippen LogP contribution in [0, 0.1) is 0 Å². The summed E-state index contributed by atoms with van der Waals surface area (Å²) in [5.74, 6) is -0.961. The van der Waals surface area contributed by atoms with Gasteiger partial charge in [0.1, 0.15) is 22.8 Å². The number of fused-ring (bicyclic) bond motifs is 2. The minimum atomic E-state index is -0.666. The molecule has 2 aromatic carbocycles. The fourth-order valence-electron chi connectivity index (χ4n) is 6.61. The zero-order chi connectivity index (χ0) is 29.4. The normalized spacial score (nSPS) is 21.1. The lowest BCUT2D eigenvalue weighted by Gasteiger charge is -2.29. The fraction of sp³-hybridized carbons (Fsp3) is 0.412. The number of nitrogens with zero attached hydrogens (tertiary/aromatic N) is 1. The number of cyclic esters (lactones) is 1. The number of ketones is 1. The quantitative estimate of drug-likeness (QED) is 0.281. The predicted octanol–water partition coefficient (Wildman–Crippen LogP) is 5.88. The average Bonchev–Trinajstić information content (AvgIpc) is 2.97. The molecule has 0 saturated heterocycles. The highest BCUT2D eigenvalue weighted by molar-refractivity contribution is 5.99. The summed E-state index contributed by atoms with van der Waals surface area (Å²) in [6, 6.07) is 9.58. The number of hydrogen-bond acceptors (Lipinski definition) is 7. The van der Waals surface area contributed by atoms with E-state index in [4.69, 9.17) is 14.2 Å². The van der Waals surface area contributed by atoms with Crippen molar-refractivity contribution >= 4 is 34.7 Å². The maximum atomic E-state index is 14.0. The van der Waals surface area contributed by atoms with Gasteiger partial charge in [-0.3, -0.25) is 14.4 Å². The Bertz CT molecular complexity index is 1680. The molecule has 0 amide bonds. The Morgan fingerprint density at radius 3 is 2.67 bits per heavy atom. The highest BCUT2D eigenvalue weighted by Gasteiger charge is 2.38. The Labute approximate surface area is 244 Å². The molecule has 0 saturated carbocycles. The molecule has 0 aliphatic carbocycles. The molecular formula is C34H35NO7. The van der Waals surface area contributed by atoms with E-state index in [1.807, 2.05) is 35.8 Å². The number of pyridine rings is 1. The molecule has 0 fully saturated rings. The van der Waals surface area contributed by atoms with Crippen LogP contribution in [0.1, 0.15) is 96.8 Å².